The van der Waals surface area contributed by atoms with Crippen molar-refractivity contribution in [3.63, 3.8) is 0 Å². The maximum Gasteiger partial charge on any atom is 0.315 e. The summed E-state index contributed by atoms with van der Waals surface area (Å²) in [7, 11) is 0. The second-order valence-electron chi connectivity index (χ2n) is 5.48. The fourth-order valence-corrected chi connectivity index (χ4v) is 2.96. The summed E-state index contributed by atoms with van der Waals surface area (Å²) in [5.74, 6) is -1.24. The molecule has 6 heteroatoms. The van der Waals surface area contributed by atoms with Crippen LogP contribution in [0, 0.1) is 5.92 Å². The highest BCUT2D eigenvalue weighted by Gasteiger charge is 2.32. The van der Waals surface area contributed by atoms with Crippen molar-refractivity contribution in [2.45, 2.75) is 50.6 Å². The van der Waals surface area contributed by atoms with Crippen LogP contribution in [0.4, 0.5) is 4.79 Å². The molecule has 108 valence electrons. The first kappa shape index (κ1) is 14.1. The second kappa shape index (κ2) is 6.75. The van der Waals surface area contributed by atoms with E-state index in [0.29, 0.717) is 6.42 Å². The van der Waals surface area contributed by atoms with Gasteiger partial charge in [-0.2, -0.15) is 0 Å². The first-order valence-electron chi connectivity index (χ1n) is 7.17. The lowest BCUT2D eigenvalue weighted by Crippen LogP contribution is -2.52. The van der Waals surface area contributed by atoms with Crippen molar-refractivity contribution in [3.8, 4) is 0 Å². The average Bonchev–Trinajstić information content (AvgIpc) is 2.40. The van der Waals surface area contributed by atoms with Crippen molar-refractivity contribution in [2.75, 3.05) is 13.1 Å². The molecule has 2 fully saturated rings. The van der Waals surface area contributed by atoms with Gasteiger partial charge in [0.05, 0.1) is 5.92 Å². The SMILES string of the molecule is O=C(NC1CCNCC1)NC1CCCCC1C(=O)O. The Bertz CT molecular complexity index is 329. The molecule has 0 aromatic rings. The van der Waals surface area contributed by atoms with E-state index in [4.69, 9.17) is 5.11 Å². The number of amides is 2. The summed E-state index contributed by atoms with van der Waals surface area (Å²) in [6, 6.07) is -0.244. The molecular formula is C13H23N3O3. The van der Waals surface area contributed by atoms with E-state index in [0.717, 1.165) is 45.2 Å². The van der Waals surface area contributed by atoms with Gasteiger partial charge in [-0.15, -0.1) is 0 Å². The summed E-state index contributed by atoms with van der Waals surface area (Å²) in [4.78, 5) is 23.1. The topological polar surface area (TPSA) is 90.5 Å². The molecule has 19 heavy (non-hydrogen) atoms. The van der Waals surface area contributed by atoms with Gasteiger partial charge in [-0.05, 0) is 38.8 Å². The molecule has 1 aliphatic heterocycles. The van der Waals surface area contributed by atoms with Crippen molar-refractivity contribution < 1.29 is 14.7 Å². The van der Waals surface area contributed by atoms with Crippen molar-refractivity contribution >= 4 is 12.0 Å². The summed E-state index contributed by atoms with van der Waals surface area (Å²) in [5, 5.41) is 18.2. The van der Waals surface area contributed by atoms with Crippen LogP contribution in [-0.2, 0) is 4.79 Å². The van der Waals surface area contributed by atoms with Gasteiger partial charge in [0.1, 0.15) is 0 Å². The minimum atomic E-state index is -0.799. The van der Waals surface area contributed by atoms with Gasteiger partial charge in [0, 0.05) is 12.1 Å². The van der Waals surface area contributed by atoms with Gasteiger partial charge in [0.2, 0.25) is 0 Å². The van der Waals surface area contributed by atoms with Crippen molar-refractivity contribution in [1.29, 1.82) is 0 Å². The largest absolute Gasteiger partial charge is 0.481 e. The van der Waals surface area contributed by atoms with E-state index in [1.807, 2.05) is 0 Å². The molecule has 0 bridgehead atoms. The van der Waals surface area contributed by atoms with Gasteiger partial charge in [-0.25, -0.2) is 4.79 Å². The predicted molar refractivity (Wildman–Crippen MR) is 70.9 cm³/mol. The third kappa shape index (κ3) is 4.09. The molecule has 2 atom stereocenters. The molecule has 0 aromatic carbocycles. The molecule has 0 aromatic heterocycles. The maximum absolute atomic E-state index is 11.9. The van der Waals surface area contributed by atoms with Crippen LogP contribution in [0.25, 0.3) is 0 Å². The Labute approximate surface area is 113 Å². The molecular weight excluding hydrogens is 246 g/mol. The number of carbonyl (C=O) groups is 2. The van der Waals surface area contributed by atoms with Crippen LogP contribution in [-0.4, -0.2) is 42.3 Å². The van der Waals surface area contributed by atoms with Crippen molar-refractivity contribution in [3.05, 3.63) is 0 Å². The Morgan fingerprint density at radius 3 is 2.37 bits per heavy atom. The molecule has 2 unspecified atom stereocenters. The number of piperidine rings is 1. The first-order chi connectivity index (χ1) is 9.16. The fourth-order valence-electron chi connectivity index (χ4n) is 2.96. The van der Waals surface area contributed by atoms with E-state index in [2.05, 4.69) is 16.0 Å². The van der Waals surface area contributed by atoms with Crippen LogP contribution in [0.2, 0.25) is 0 Å². The minimum Gasteiger partial charge on any atom is -0.481 e. The number of nitrogens with one attached hydrogen (secondary N) is 3. The van der Waals surface area contributed by atoms with E-state index in [9.17, 15) is 9.59 Å². The number of urea groups is 1. The van der Waals surface area contributed by atoms with Crippen LogP contribution in [0.1, 0.15) is 38.5 Å². The highest BCUT2D eigenvalue weighted by Crippen LogP contribution is 2.24. The van der Waals surface area contributed by atoms with Gasteiger partial charge in [0.15, 0.2) is 0 Å². The number of rotatable bonds is 3. The molecule has 1 saturated heterocycles. The van der Waals surface area contributed by atoms with E-state index < -0.39 is 11.9 Å². The highest BCUT2D eigenvalue weighted by atomic mass is 16.4. The third-order valence-electron chi connectivity index (χ3n) is 4.07. The molecule has 4 N–H and O–H groups in total. The smallest absolute Gasteiger partial charge is 0.315 e. The Morgan fingerprint density at radius 2 is 1.68 bits per heavy atom. The lowest BCUT2D eigenvalue weighted by Gasteiger charge is -2.30. The van der Waals surface area contributed by atoms with Gasteiger partial charge >= 0.3 is 12.0 Å². The van der Waals surface area contributed by atoms with E-state index >= 15 is 0 Å². The normalized spacial score (nSPS) is 28.6. The molecule has 0 spiro atoms. The molecule has 1 saturated carbocycles. The average molecular weight is 269 g/mol. The van der Waals surface area contributed by atoms with Crippen LogP contribution >= 0.6 is 0 Å². The summed E-state index contributed by atoms with van der Waals surface area (Å²) in [6.45, 7) is 1.85. The van der Waals surface area contributed by atoms with Gasteiger partial charge in [-0.1, -0.05) is 12.8 Å². The Kier molecular flexibility index (Phi) is 5.01. The molecule has 0 radical (unpaired) electrons. The standard InChI is InChI=1S/C13H23N3O3/c17-12(18)10-3-1-2-4-11(10)16-13(19)15-9-5-7-14-8-6-9/h9-11,14H,1-8H2,(H,17,18)(H2,15,16,19). The van der Waals surface area contributed by atoms with Crippen molar-refractivity contribution in [1.82, 2.24) is 16.0 Å². The number of carboxylic acid groups (broad SMARTS) is 1. The lowest BCUT2D eigenvalue weighted by molar-refractivity contribution is -0.143. The Hall–Kier alpha value is -1.30. The number of carbonyl (C=O) groups excluding carboxylic acids is 1. The number of hydrogen-bond donors (Lipinski definition) is 4. The molecule has 2 rings (SSSR count). The minimum absolute atomic E-state index is 0.202. The van der Waals surface area contributed by atoms with E-state index in [1.54, 1.807) is 0 Å². The zero-order chi connectivity index (χ0) is 13.7. The molecule has 1 heterocycles. The van der Waals surface area contributed by atoms with Gasteiger partial charge in [-0.3, -0.25) is 4.79 Å². The number of carboxylic acids is 1. The number of aliphatic carboxylic acids is 1. The van der Waals surface area contributed by atoms with E-state index in [-0.39, 0.29) is 18.1 Å². The van der Waals surface area contributed by atoms with E-state index in [1.165, 1.54) is 0 Å². The third-order valence-corrected chi connectivity index (χ3v) is 4.07. The second-order valence-corrected chi connectivity index (χ2v) is 5.48. The lowest BCUT2D eigenvalue weighted by atomic mass is 9.84. The number of hydrogen-bond acceptors (Lipinski definition) is 3. The van der Waals surface area contributed by atoms with Crippen LogP contribution in [0.3, 0.4) is 0 Å². The molecule has 6 nitrogen and oxygen atoms in total. The summed E-state index contributed by atoms with van der Waals surface area (Å²) < 4.78 is 0. The summed E-state index contributed by atoms with van der Waals surface area (Å²) >= 11 is 0. The summed E-state index contributed by atoms with van der Waals surface area (Å²) in [5.41, 5.74) is 0. The molecule has 2 aliphatic rings. The monoisotopic (exact) mass is 269 g/mol. The van der Waals surface area contributed by atoms with Crippen LogP contribution in [0.5, 0.6) is 0 Å². The zero-order valence-electron chi connectivity index (χ0n) is 11.2. The molecule has 2 amide bonds. The van der Waals surface area contributed by atoms with Crippen LogP contribution in [0.15, 0.2) is 0 Å². The Morgan fingerprint density at radius 1 is 1.00 bits per heavy atom. The fraction of sp³-hybridized carbons (Fsp3) is 0.846. The Balaban J connectivity index is 1.80. The highest BCUT2D eigenvalue weighted by molar-refractivity contribution is 5.77. The molecule has 1 aliphatic carbocycles. The zero-order valence-corrected chi connectivity index (χ0v) is 11.2. The van der Waals surface area contributed by atoms with Crippen molar-refractivity contribution in [2.24, 2.45) is 5.92 Å². The summed E-state index contributed by atoms with van der Waals surface area (Å²) in [6.07, 6.45) is 5.21. The maximum atomic E-state index is 11.9. The predicted octanol–water partition coefficient (Wildman–Crippen LogP) is 0.681. The van der Waals surface area contributed by atoms with Gasteiger partial charge in [0.25, 0.3) is 0 Å². The first-order valence-corrected chi connectivity index (χ1v) is 7.17. The van der Waals surface area contributed by atoms with Crippen LogP contribution < -0.4 is 16.0 Å². The quantitative estimate of drug-likeness (QED) is 0.606. The van der Waals surface area contributed by atoms with Gasteiger partial charge < -0.3 is 21.1 Å².